The summed E-state index contributed by atoms with van der Waals surface area (Å²) in [7, 11) is 4.00. The van der Waals surface area contributed by atoms with E-state index in [2.05, 4.69) is 24.2 Å². The molecule has 1 heterocycles. The van der Waals surface area contributed by atoms with Gasteiger partial charge in [-0.2, -0.15) is 0 Å². The second-order valence-electron chi connectivity index (χ2n) is 6.41. The Kier molecular flexibility index (Phi) is 5.77. The van der Waals surface area contributed by atoms with Gasteiger partial charge in [0.25, 0.3) is 5.91 Å². The summed E-state index contributed by atoms with van der Waals surface area (Å²) in [5, 5.41) is 2.80. The largest absolute Gasteiger partial charge is 0.339 e. The summed E-state index contributed by atoms with van der Waals surface area (Å²) < 4.78 is 0. The SMILES string of the molecule is CCC(=O)Nc1cccc(C(=O)N(C)[C@H]2CCN(C)[C@@H](C)C2)c1. The van der Waals surface area contributed by atoms with Crippen LogP contribution in [-0.2, 0) is 4.79 Å². The summed E-state index contributed by atoms with van der Waals surface area (Å²) >= 11 is 0. The number of nitrogens with one attached hydrogen (secondary N) is 1. The molecule has 5 heteroatoms. The quantitative estimate of drug-likeness (QED) is 0.928. The van der Waals surface area contributed by atoms with Crippen LogP contribution in [0.4, 0.5) is 5.69 Å². The van der Waals surface area contributed by atoms with Crippen LogP contribution in [0.1, 0.15) is 43.5 Å². The molecule has 2 rings (SSSR count). The van der Waals surface area contributed by atoms with E-state index in [0.717, 1.165) is 19.4 Å². The molecule has 2 atom stereocenters. The van der Waals surface area contributed by atoms with Gasteiger partial charge in [-0.3, -0.25) is 9.59 Å². The van der Waals surface area contributed by atoms with Gasteiger partial charge >= 0.3 is 0 Å². The lowest BCUT2D eigenvalue weighted by molar-refractivity contribution is -0.115. The average molecular weight is 317 g/mol. The fraction of sp³-hybridized carbons (Fsp3) is 0.556. The minimum absolute atomic E-state index is 0.0133. The van der Waals surface area contributed by atoms with Crippen molar-refractivity contribution < 1.29 is 9.59 Å². The van der Waals surface area contributed by atoms with Crippen LogP contribution in [0.5, 0.6) is 0 Å². The van der Waals surface area contributed by atoms with E-state index < -0.39 is 0 Å². The molecule has 2 amide bonds. The van der Waals surface area contributed by atoms with E-state index in [0.29, 0.717) is 23.7 Å². The third kappa shape index (κ3) is 4.32. The monoisotopic (exact) mass is 317 g/mol. The van der Waals surface area contributed by atoms with E-state index in [9.17, 15) is 9.59 Å². The molecule has 1 fully saturated rings. The summed E-state index contributed by atoms with van der Waals surface area (Å²) in [5.41, 5.74) is 1.29. The van der Waals surface area contributed by atoms with Crippen LogP contribution in [0, 0.1) is 0 Å². The Hall–Kier alpha value is -1.88. The first-order valence-corrected chi connectivity index (χ1v) is 8.29. The molecule has 0 unspecified atom stereocenters. The summed E-state index contributed by atoms with van der Waals surface area (Å²) in [6, 6.07) is 7.93. The molecular weight excluding hydrogens is 290 g/mol. The van der Waals surface area contributed by atoms with E-state index in [1.807, 2.05) is 24.1 Å². The Balaban J connectivity index is 2.07. The second-order valence-corrected chi connectivity index (χ2v) is 6.41. The Morgan fingerprint density at radius 3 is 2.78 bits per heavy atom. The van der Waals surface area contributed by atoms with Crippen LogP contribution >= 0.6 is 0 Å². The number of nitrogens with zero attached hydrogens (tertiary/aromatic N) is 2. The third-order valence-electron chi connectivity index (χ3n) is 4.76. The maximum Gasteiger partial charge on any atom is 0.253 e. The standard InChI is InChI=1S/C18H27N3O2/c1-5-17(22)19-15-8-6-7-14(12-15)18(23)21(4)16-9-10-20(3)13(2)11-16/h6-8,12-13,16H,5,9-11H2,1-4H3,(H,19,22)/t13-,16-/m0/s1. The lowest BCUT2D eigenvalue weighted by Gasteiger charge is -2.39. The fourth-order valence-corrected chi connectivity index (χ4v) is 2.97. The van der Waals surface area contributed by atoms with E-state index >= 15 is 0 Å². The van der Waals surface area contributed by atoms with E-state index in [1.165, 1.54) is 0 Å². The average Bonchev–Trinajstić information content (AvgIpc) is 2.56. The van der Waals surface area contributed by atoms with Crippen molar-refractivity contribution in [3.63, 3.8) is 0 Å². The van der Waals surface area contributed by atoms with Gasteiger partial charge in [0.1, 0.15) is 0 Å². The van der Waals surface area contributed by atoms with Crippen LogP contribution in [0.2, 0.25) is 0 Å². The number of amides is 2. The third-order valence-corrected chi connectivity index (χ3v) is 4.76. The molecule has 1 N–H and O–H groups in total. The molecule has 5 nitrogen and oxygen atoms in total. The van der Waals surface area contributed by atoms with Gasteiger partial charge in [0.2, 0.25) is 5.91 Å². The van der Waals surface area contributed by atoms with E-state index in [4.69, 9.17) is 0 Å². The van der Waals surface area contributed by atoms with Gasteiger partial charge < -0.3 is 15.1 Å². The molecule has 0 radical (unpaired) electrons. The number of carbonyl (C=O) groups is 2. The molecule has 1 aliphatic heterocycles. The molecule has 0 bridgehead atoms. The highest BCUT2D eigenvalue weighted by molar-refractivity contribution is 5.97. The molecular formula is C18H27N3O2. The molecule has 1 aromatic carbocycles. The molecule has 0 aliphatic carbocycles. The van der Waals surface area contributed by atoms with Crippen LogP contribution in [0.25, 0.3) is 0 Å². The van der Waals surface area contributed by atoms with Crippen molar-refractivity contribution >= 4 is 17.5 Å². The zero-order valence-electron chi connectivity index (χ0n) is 14.5. The van der Waals surface area contributed by atoms with Crippen LogP contribution in [0.3, 0.4) is 0 Å². The molecule has 23 heavy (non-hydrogen) atoms. The molecule has 0 saturated carbocycles. The van der Waals surface area contributed by atoms with Crippen molar-refractivity contribution in [2.45, 2.75) is 45.2 Å². The fourth-order valence-electron chi connectivity index (χ4n) is 2.97. The van der Waals surface area contributed by atoms with Gasteiger partial charge in [-0.15, -0.1) is 0 Å². The lowest BCUT2D eigenvalue weighted by Crippen LogP contribution is -2.48. The zero-order chi connectivity index (χ0) is 17.0. The minimum atomic E-state index is -0.0490. The predicted octanol–water partition coefficient (Wildman–Crippen LogP) is 2.59. The van der Waals surface area contributed by atoms with Crippen molar-refractivity contribution in [2.24, 2.45) is 0 Å². The first kappa shape index (κ1) is 17.5. The molecule has 1 saturated heterocycles. The smallest absolute Gasteiger partial charge is 0.253 e. The van der Waals surface area contributed by atoms with Gasteiger partial charge in [-0.25, -0.2) is 0 Å². The highest BCUT2D eigenvalue weighted by Gasteiger charge is 2.28. The van der Waals surface area contributed by atoms with Crippen molar-refractivity contribution in [1.29, 1.82) is 0 Å². The number of anilines is 1. The maximum atomic E-state index is 12.7. The van der Waals surface area contributed by atoms with Gasteiger partial charge in [-0.05, 0) is 45.0 Å². The first-order valence-electron chi connectivity index (χ1n) is 8.29. The predicted molar refractivity (Wildman–Crippen MR) is 92.6 cm³/mol. The Bertz CT molecular complexity index is 573. The van der Waals surface area contributed by atoms with Crippen molar-refractivity contribution in [3.8, 4) is 0 Å². The maximum absolute atomic E-state index is 12.7. The first-order chi connectivity index (χ1) is 10.9. The summed E-state index contributed by atoms with van der Waals surface area (Å²) in [6.45, 7) is 5.01. The summed E-state index contributed by atoms with van der Waals surface area (Å²) in [4.78, 5) is 28.4. The Morgan fingerprint density at radius 2 is 2.13 bits per heavy atom. The van der Waals surface area contributed by atoms with Crippen LogP contribution in [-0.4, -0.2) is 54.3 Å². The minimum Gasteiger partial charge on any atom is -0.339 e. The normalized spacial score (nSPS) is 21.7. The summed E-state index contributed by atoms with van der Waals surface area (Å²) in [6.07, 6.45) is 2.41. The highest BCUT2D eigenvalue weighted by atomic mass is 16.2. The highest BCUT2D eigenvalue weighted by Crippen LogP contribution is 2.22. The van der Waals surface area contributed by atoms with E-state index in [1.54, 1.807) is 19.1 Å². The van der Waals surface area contributed by atoms with Gasteiger partial charge in [0.05, 0.1) is 0 Å². The van der Waals surface area contributed by atoms with Gasteiger partial charge in [0.15, 0.2) is 0 Å². The molecule has 0 spiro atoms. The molecule has 0 aromatic heterocycles. The van der Waals surface area contributed by atoms with Crippen LogP contribution < -0.4 is 5.32 Å². The number of piperidine rings is 1. The number of hydrogen-bond acceptors (Lipinski definition) is 3. The van der Waals surface area contributed by atoms with Gasteiger partial charge in [0, 0.05) is 43.3 Å². The molecule has 126 valence electrons. The van der Waals surface area contributed by atoms with Gasteiger partial charge in [-0.1, -0.05) is 13.0 Å². The Morgan fingerprint density at radius 1 is 1.39 bits per heavy atom. The topological polar surface area (TPSA) is 52.7 Å². The number of carbonyl (C=O) groups excluding carboxylic acids is 2. The number of benzene rings is 1. The van der Waals surface area contributed by atoms with Crippen LogP contribution in [0.15, 0.2) is 24.3 Å². The summed E-state index contributed by atoms with van der Waals surface area (Å²) in [5.74, 6) is -0.0357. The molecule has 1 aromatic rings. The second kappa shape index (κ2) is 7.59. The van der Waals surface area contributed by atoms with Crippen molar-refractivity contribution in [2.75, 3.05) is 26.0 Å². The molecule has 1 aliphatic rings. The number of hydrogen-bond donors (Lipinski definition) is 1. The van der Waals surface area contributed by atoms with E-state index in [-0.39, 0.29) is 17.9 Å². The van der Waals surface area contributed by atoms with Crippen molar-refractivity contribution in [1.82, 2.24) is 9.80 Å². The number of rotatable bonds is 4. The van der Waals surface area contributed by atoms with Crippen molar-refractivity contribution in [3.05, 3.63) is 29.8 Å². The lowest BCUT2D eigenvalue weighted by atomic mass is 9.97. The zero-order valence-corrected chi connectivity index (χ0v) is 14.5. The number of likely N-dealkylation sites (tertiary alicyclic amines) is 1. The Labute approximate surface area is 138 Å².